The van der Waals surface area contributed by atoms with E-state index in [0.717, 1.165) is 23.1 Å². The Balaban J connectivity index is 1.52. The van der Waals surface area contributed by atoms with E-state index in [9.17, 15) is 13.2 Å². The van der Waals surface area contributed by atoms with E-state index in [2.05, 4.69) is 25.6 Å². The third-order valence-electron chi connectivity index (χ3n) is 5.19. The van der Waals surface area contributed by atoms with Gasteiger partial charge in [-0.2, -0.15) is 0 Å². The highest BCUT2D eigenvalue weighted by atomic mass is 32.2. The average Bonchev–Trinajstić information content (AvgIpc) is 2.86. The van der Waals surface area contributed by atoms with E-state index in [-0.39, 0.29) is 10.8 Å². The van der Waals surface area contributed by atoms with E-state index in [0.29, 0.717) is 28.6 Å². The Bertz CT molecular complexity index is 1490. The van der Waals surface area contributed by atoms with Gasteiger partial charge in [-0.25, -0.2) is 18.4 Å². The SMILES string of the molecule is COc1cncc(-c2ccnc(Nc3cc(NC(=O)c4ccc(S(C)(=O)=O)cc4)ccc3C)n2)c1. The number of nitrogens with one attached hydrogen (secondary N) is 2. The third kappa shape index (κ3) is 5.79. The highest BCUT2D eigenvalue weighted by Crippen LogP contribution is 2.25. The zero-order valence-electron chi connectivity index (χ0n) is 19.3. The minimum absolute atomic E-state index is 0.155. The van der Waals surface area contributed by atoms with Crippen molar-refractivity contribution < 1.29 is 17.9 Å². The van der Waals surface area contributed by atoms with Gasteiger partial charge in [0.1, 0.15) is 5.75 Å². The molecule has 2 heterocycles. The maximum Gasteiger partial charge on any atom is 0.255 e. The quantitative estimate of drug-likeness (QED) is 0.395. The number of anilines is 3. The van der Waals surface area contributed by atoms with Crippen molar-refractivity contribution in [3.8, 4) is 17.0 Å². The summed E-state index contributed by atoms with van der Waals surface area (Å²) in [4.78, 5) is 25.8. The van der Waals surface area contributed by atoms with E-state index < -0.39 is 9.84 Å². The molecule has 0 aliphatic carbocycles. The zero-order chi connectivity index (χ0) is 25.0. The molecule has 0 atom stereocenters. The summed E-state index contributed by atoms with van der Waals surface area (Å²) in [6.45, 7) is 1.92. The number of benzene rings is 2. The lowest BCUT2D eigenvalue weighted by atomic mass is 10.1. The molecule has 2 N–H and O–H groups in total. The number of aryl methyl sites for hydroxylation is 1. The molecule has 10 heteroatoms. The molecule has 0 fully saturated rings. The van der Waals surface area contributed by atoms with Crippen molar-refractivity contribution in [2.24, 2.45) is 0 Å². The zero-order valence-corrected chi connectivity index (χ0v) is 20.1. The number of ether oxygens (including phenoxy) is 1. The van der Waals surface area contributed by atoms with Gasteiger partial charge >= 0.3 is 0 Å². The van der Waals surface area contributed by atoms with Gasteiger partial charge in [0.2, 0.25) is 5.95 Å². The highest BCUT2D eigenvalue weighted by Gasteiger charge is 2.12. The van der Waals surface area contributed by atoms with Gasteiger partial charge in [0.05, 0.1) is 23.9 Å². The Labute approximate surface area is 203 Å². The number of rotatable bonds is 7. The molecule has 0 bridgehead atoms. The first-order valence-corrected chi connectivity index (χ1v) is 12.4. The Morgan fingerprint density at radius 2 is 1.77 bits per heavy atom. The standard InChI is InChI=1S/C25H23N5O4S/c1-16-4-7-19(28-24(31)17-5-8-21(9-6-17)35(3,32)33)13-23(16)30-25-27-11-10-22(29-25)18-12-20(34-2)15-26-14-18/h4-15H,1-3H3,(H,28,31)(H,27,29,30). The first kappa shape index (κ1) is 23.8. The smallest absolute Gasteiger partial charge is 0.255 e. The Morgan fingerprint density at radius 1 is 1.00 bits per heavy atom. The van der Waals surface area contributed by atoms with Crippen LogP contribution in [-0.2, 0) is 9.84 Å². The van der Waals surface area contributed by atoms with Gasteiger partial charge in [-0.1, -0.05) is 6.07 Å². The van der Waals surface area contributed by atoms with Gasteiger partial charge in [0, 0.05) is 41.2 Å². The highest BCUT2D eigenvalue weighted by molar-refractivity contribution is 7.90. The van der Waals surface area contributed by atoms with Crippen LogP contribution in [0, 0.1) is 6.92 Å². The van der Waals surface area contributed by atoms with Crippen molar-refractivity contribution in [2.45, 2.75) is 11.8 Å². The summed E-state index contributed by atoms with van der Waals surface area (Å²) < 4.78 is 28.5. The van der Waals surface area contributed by atoms with Crippen LogP contribution in [0.2, 0.25) is 0 Å². The molecule has 9 nitrogen and oxygen atoms in total. The number of sulfone groups is 1. The number of carbonyl (C=O) groups is 1. The number of methoxy groups -OCH3 is 1. The molecule has 0 spiro atoms. The summed E-state index contributed by atoms with van der Waals surface area (Å²) in [5.74, 6) is 0.651. The maximum absolute atomic E-state index is 12.7. The molecule has 0 saturated carbocycles. The van der Waals surface area contributed by atoms with Crippen LogP contribution in [0.3, 0.4) is 0 Å². The maximum atomic E-state index is 12.7. The first-order valence-electron chi connectivity index (χ1n) is 10.5. The second kappa shape index (κ2) is 9.90. The second-order valence-corrected chi connectivity index (χ2v) is 9.80. The number of nitrogens with zero attached hydrogens (tertiary/aromatic N) is 3. The summed E-state index contributed by atoms with van der Waals surface area (Å²) >= 11 is 0. The van der Waals surface area contributed by atoms with E-state index in [1.807, 2.05) is 19.1 Å². The normalized spacial score (nSPS) is 11.1. The van der Waals surface area contributed by atoms with Crippen LogP contribution in [0.5, 0.6) is 5.75 Å². The van der Waals surface area contributed by atoms with E-state index in [1.165, 1.54) is 24.3 Å². The number of aromatic nitrogens is 3. The topological polar surface area (TPSA) is 123 Å². The summed E-state index contributed by atoms with van der Waals surface area (Å²) in [6, 6.07) is 14.8. The first-order chi connectivity index (χ1) is 16.7. The van der Waals surface area contributed by atoms with Crippen molar-refractivity contribution >= 4 is 33.1 Å². The van der Waals surface area contributed by atoms with Gasteiger partial charge in [-0.15, -0.1) is 0 Å². The molecular weight excluding hydrogens is 466 g/mol. The van der Waals surface area contributed by atoms with Crippen LogP contribution in [0.4, 0.5) is 17.3 Å². The molecule has 4 aromatic rings. The predicted molar refractivity (Wildman–Crippen MR) is 134 cm³/mol. The monoisotopic (exact) mass is 489 g/mol. The minimum Gasteiger partial charge on any atom is -0.495 e. The minimum atomic E-state index is -3.33. The number of carbonyl (C=O) groups excluding carboxylic acids is 1. The van der Waals surface area contributed by atoms with Crippen LogP contribution in [0.25, 0.3) is 11.3 Å². The molecular formula is C25H23N5O4S. The van der Waals surface area contributed by atoms with Crippen LogP contribution in [-0.4, -0.2) is 42.6 Å². The van der Waals surface area contributed by atoms with Crippen LogP contribution >= 0.6 is 0 Å². The summed E-state index contributed by atoms with van der Waals surface area (Å²) in [5.41, 5.74) is 4.01. The molecule has 0 aliphatic rings. The van der Waals surface area contributed by atoms with Crippen molar-refractivity contribution in [3.05, 3.63) is 84.3 Å². The fourth-order valence-electron chi connectivity index (χ4n) is 3.26. The lowest BCUT2D eigenvalue weighted by Crippen LogP contribution is -2.12. The van der Waals surface area contributed by atoms with Crippen molar-refractivity contribution in [1.82, 2.24) is 15.0 Å². The third-order valence-corrected chi connectivity index (χ3v) is 6.32. The summed E-state index contributed by atoms with van der Waals surface area (Å²) in [6.07, 6.45) is 6.08. The second-order valence-electron chi connectivity index (χ2n) is 7.78. The molecule has 0 saturated heterocycles. The van der Waals surface area contributed by atoms with Crippen molar-refractivity contribution in [1.29, 1.82) is 0 Å². The fourth-order valence-corrected chi connectivity index (χ4v) is 3.89. The number of pyridine rings is 1. The molecule has 178 valence electrons. The molecule has 35 heavy (non-hydrogen) atoms. The fraction of sp³-hybridized carbons (Fsp3) is 0.120. The lowest BCUT2D eigenvalue weighted by molar-refractivity contribution is 0.102. The number of hydrogen-bond donors (Lipinski definition) is 2. The molecule has 2 aromatic heterocycles. The van der Waals surface area contributed by atoms with Crippen molar-refractivity contribution in [3.63, 3.8) is 0 Å². The number of hydrogen-bond acceptors (Lipinski definition) is 8. The molecule has 0 radical (unpaired) electrons. The van der Waals surface area contributed by atoms with Gasteiger partial charge in [-0.05, 0) is 61.0 Å². The van der Waals surface area contributed by atoms with Gasteiger partial charge in [0.25, 0.3) is 5.91 Å². The van der Waals surface area contributed by atoms with Crippen LogP contribution in [0.1, 0.15) is 15.9 Å². The number of amides is 1. The summed E-state index contributed by atoms with van der Waals surface area (Å²) in [7, 11) is -1.75. The largest absolute Gasteiger partial charge is 0.495 e. The van der Waals surface area contributed by atoms with Crippen LogP contribution in [0.15, 0.2) is 78.1 Å². The molecule has 1 amide bonds. The summed E-state index contributed by atoms with van der Waals surface area (Å²) in [5, 5.41) is 6.02. The average molecular weight is 490 g/mol. The van der Waals surface area contributed by atoms with E-state index >= 15 is 0 Å². The van der Waals surface area contributed by atoms with Gasteiger partial charge < -0.3 is 15.4 Å². The Morgan fingerprint density at radius 3 is 2.49 bits per heavy atom. The molecule has 2 aromatic carbocycles. The van der Waals surface area contributed by atoms with Crippen molar-refractivity contribution in [2.75, 3.05) is 24.0 Å². The molecule has 4 rings (SSSR count). The predicted octanol–water partition coefficient (Wildman–Crippen LogP) is 4.26. The van der Waals surface area contributed by atoms with Crippen LogP contribution < -0.4 is 15.4 Å². The Kier molecular flexibility index (Phi) is 6.74. The Hall–Kier alpha value is -4.31. The van der Waals surface area contributed by atoms with Gasteiger partial charge in [0.15, 0.2) is 9.84 Å². The van der Waals surface area contributed by atoms with E-state index in [4.69, 9.17) is 4.74 Å². The molecule has 0 aliphatic heterocycles. The van der Waals surface area contributed by atoms with E-state index in [1.54, 1.807) is 43.9 Å². The van der Waals surface area contributed by atoms with Gasteiger partial charge in [-0.3, -0.25) is 9.78 Å². The lowest BCUT2D eigenvalue weighted by Gasteiger charge is -2.12. The molecule has 0 unspecified atom stereocenters.